The van der Waals surface area contributed by atoms with Crippen LogP contribution in [0.15, 0.2) is 24.3 Å². The minimum Gasteiger partial charge on any atom is -0.508 e. The van der Waals surface area contributed by atoms with Crippen LogP contribution in [0.4, 0.5) is 0 Å². The number of benzene rings is 1. The summed E-state index contributed by atoms with van der Waals surface area (Å²) in [7, 11) is 0. The van der Waals surface area contributed by atoms with E-state index < -0.39 is 0 Å². The van der Waals surface area contributed by atoms with Crippen LogP contribution in [0.25, 0.3) is 0 Å². The minimum atomic E-state index is -0.356. The third-order valence-electron chi connectivity index (χ3n) is 8.03. The van der Waals surface area contributed by atoms with Crippen LogP contribution in [0, 0.1) is 0 Å². The van der Waals surface area contributed by atoms with Crippen LogP contribution >= 0.6 is 0 Å². The molecule has 0 amide bonds. The highest BCUT2D eigenvalue weighted by Crippen LogP contribution is 2.33. The van der Waals surface area contributed by atoms with Gasteiger partial charge in [-0.25, -0.2) is 0 Å². The van der Waals surface area contributed by atoms with Gasteiger partial charge >= 0.3 is 0 Å². The molecular formula is C36H62O4. The summed E-state index contributed by atoms with van der Waals surface area (Å²) in [6.07, 6.45) is 38.0. The van der Waals surface area contributed by atoms with Crippen LogP contribution in [-0.2, 0) is 0 Å². The first kappa shape index (κ1) is 36.1. The molecule has 0 aliphatic heterocycles. The number of phenols is 3. The molecule has 0 aromatic heterocycles. The third kappa shape index (κ3) is 20.0. The molecule has 3 N–H and O–H groups in total. The molecule has 1 aromatic carbocycles. The zero-order valence-electron chi connectivity index (χ0n) is 25.9. The minimum absolute atomic E-state index is 0.0778. The monoisotopic (exact) mass is 558 g/mol. The molecule has 0 radical (unpaired) electrons. The zero-order chi connectivity index (χ0) is 29.1. The Balaban J connectivity index is 1.76. The molecule has 0 unspecified atom stereocenters. The molecule has 0 saturated carbocycles. The van der Waals surface area contributed by atoms with Crippen molar-refractivity contribution in [2.75, 3.05) is 0 Å². The predicted octanol–water partition coefficient (Wildman–Crippen LogP) is 11.7. The van der Waals surface area contributed by atoms with Gasteiger partial charge in [-0.3, -0.25) is 4.79 Å². The number of carbonyl (C=O) groups excluding carboxylic acids is 1. The van der Waals surface area contributed by atoms with Crippen molar-refractivity contribution >= 4 is 5.78 Å². The topological polar surface area (TPSA) is 77.8 Å². The van der Waals surface area contributed by atoms with Gasteiger partial charge in [-0.1, -0.05) is 147 Å². The summed E-state index contributed by atoms with van der Waals surface area (Å²) < 4.78 is 0. The number of allylic oxidation sites excluding steroid dienone is 2. The van der Waals surface area contributed by atoms with E-state index in [1.807, 2.05) is 0 Å². The molecule has 1 aromatic rings. The normalized spacial score (nSPS) is 11.5. The lowest BCUT2D eigenvalue weighted by atomic mass is 10.0. The molecule has 0 atom stereocenters. The average Bonchev–Trinajstić information content (AvgIpc) is 2.92. The Hall–Kier alpha value is -1.97. The number of ketones is 1. The third-order valence-corrected chi connectivity index (χ3v) is 8.03. The van der Waals surface area contributed by atoms with Crippen LogP contribution in [0.2, 0.25) is 0 Å². The molecule has 0 saturated heterocycles. The molecule has 40 heavy (non-hydrogen) atoms. The maximum Gasteiger partial charge on any atom is 0.170 e. The highest BCUT2D eigenvalue weighted by molar-refractivity contribution is 6.01. The second-order valence-electron chi connectivity index (χ2n) is 11.9. The molecule has 0 aliphatic rings. The highest BCUT2D eigenvalue weighted by atomic mass is 16.3. The Morgan fingerprint density at radius 3 is 1.23 bits per heavy atom. The number of rotatable bonds is 28. The van der Waals surface area contributed by atoms with E-state index in [2.05, 4.69) is 19.1 Å². The first-order valence-corrected chi connectivity index (χ1v) is 17.0. The summed E-state index contributed by atoms with van der Waals surface area (Å²) in [5, 5.41) is 29.0. The van der Waals surface area contributed by atoms with Crippen LogP contribution in [0.3, 0.4) is 0 Å². The van der Waals surface area contributed by atoms with E-state index in [0.717, 1.165) is 31.4 Å². The Morgan fingerprint density at radius 1 is 0.525 bits per heavy atom. The van der Waals surface area contributed by atoms with Crippen LogP contribution in [0.1, 0.15) is 184 Å². The fourth-order valence-corrected chi connectivity index (χ4v) is 5.49. The van der Waals surface area contributed by atoms with E-state index in [1.165, 1.54) is 141 Å². The molecule has 1 rings (SSSR count). The Morgan fingerprint density at radius 2 is 0.850 bits per heavy atom. The average molecular weight is 559 g/mol. The van der Waals surface area contributed by atoms with Crippen LogP contribution in [0.5, 0.6) is 17.2 Å². The lowest BCUT2D eigenvalue weighted by Crippen LogP contribution is -2.00. The summed E-state index contributed by atoms with van der Waals surface area (Å²) in [6.45, 7) is 2.27. The predicted molar refractivity (Wildman–Crippen MR) is 171 cm³/mol. The second-order valence-corrected chi connectivity index (χ2v) is 11.9. The number of aromatic hydroxyl groups is 3. The van der Waals surface area contributed by atoms with Gasteiger partial charge in [0.1, 0.15) is 22.8 Å². The van der Waals surface area contributed by atoms with Crippen molar-refractivity contribution < 1.29 is 20.1 Å². The van der Waals surface area contributed by atoms with Gasteiger partial charge in [0.2, 0.25) is 0 Å². The summed E-state index contributed by atoms with van der Waals surface area (Å²) in [5.41, 5.74) is -0.0778. The summed E-state index contributed by atoms with van der Waals surface area (Å²) >= 11 is 0. The van der Waals surface area contributed by atoms with Crippen LogP contribution < -0.4 is 0 Å². The summed E-state index contributed by atoms with van der Waals surface area (Å²) in [4.78, 5) is 12.2. The molecule has 4 heteroatoms. The SMILES string of the molecule is CCCCC/C=C\CCCCCCCCCCCCCCCCCCCCCCC(=O)c1c(O)cc(O)cc1O. The molecule has 0 aliphatic carbocycles. The quantitative estimate of drug-likeness (QED) is 0.0543. The fourth-order valence-electron chi connectivity index (χ4n) is 5.49. The van der Waals surface area contributed by atoms with E-state index in [1.54, 1.807) is 0 Å². The highest BCUT2D eigenvalue weighted by Gasteiger charge is 2.17. The van der Waals surface area contributed by atoms with Gasteiger partial charge in [0.15, 0.2) is 5.78 Å². The molecule has 230 valence electrons. The van der Waals surface area contributed by atoms with Gasteiger partial charge in [0, 0.05) is 18.6 Å². The molecule has 0 fully saturated rings. The van der Waals surface area contributed by atoms with Gasteiger partial charge in [0.25, 0.3) is 0 Å². The molecule has 0 spiro atoms. The van der Waals surface area contributed by atoms with Gasteiger partial charge in [-0.05, 0) is 32.1 Å². The number of Topliss-reactive ketones (excluding diaryl/α,β-unsaturated/α-hetero) is 1. The number of hydrogen-bond donors (Lipinski definition) is 3. The van der Waals surface area contributed by atoms with Gasteiger partial charge < -0.3 is 15.3 Å². The van der Waals surface area contributed by atoms with Gasteiger partial charge in [-0.15, -0.1) is 0 Å². The van der Waals surface area contributed by atoms with E-state index >= 15 is 0 Å². The first-order chi connectivity index (χ1) is 19.6. The molecule has 0 bridgehead atoms. The van der Waals surface area contributed by atoms with Gasteiger partial charge in [0.05, 0.1) is 0 Å². The van der Waals surface area contributed by atoms with Crippen molar-refractivity contribution in [1.29, 1.82) is 0 Å². The Labute approximate surface area is 246 Å². The lowest BCUT2D eigenvalue weighted by molar-refractivity contribution is 0.0973. The lowest BCUT2D eigenvalue weighted by Gasteiger charge is -2.07. The van der Waals surface area contributed by atoms with Crippen molar-refractivity contribution in [3.63, 3.8) is 0 Å². The first-order valence-electron chi connectivity index (χ1n) is 17.0. The van der Waals surface area contributed by atoms with E-state index in [9.17, 15) is 20.1 Å². The van der Waals surface area contributed by atoms with Crippen molar-refractivity contribution in [3.05, 3.63) is 29.8 Å². The van der Waals surface area contributed by atoms with Crippen molar-refractivity contribution in [1.82, 2.24) is 0 Å². The van der Waals surface area contributed by atoms with Crippen molar-refractivity contribution in [3.8, 4) is 17.2 Å². The fraction of sp³-hybridized carbons (Fsp3) is 0.750. The largest absolute Gasteiger partial charge is 0.508 e. The van der Waals surface area contributed by atoms with Crippen molar-refractivity contribution in [2.45, 2.75) is 174 Å². The molecular weight excluding hydrogens is 496 g/mol. The second kappa shape index (κ2) is 26.0. The Bertz CT molecular complexity index is 747. The maximum atomic E-state index is 12.2. The van der Waals surface area contributed by atoms with Crippen molar-refractivity contribution in [2.24, 2.45) is 0 Å². The van der Waals surface area contributed by atoms with E-state index in [-0.39, 0.29) is 28.6 Å². The molecule has 0 heterocycles. The summed E-state index contributed by atoms with van der Waals surface area (Å²) in [5.74, 6) is -1.23. The van der Waals surface area contributed by atoms with Crippen LogP contribution in [-0.4, -0.2) is 21.1 Å². The number of carbonyl (C=O) groups is 1. The van der Waals surface area contributed by atoms with E-state index in [4.69, 9.17) is 0 Å². The number of phenolic OH excluding ortho intramolecular Hbond substituents is 3. The molecule has 4 nitrogen and oxygen atoms in total. The van der Waals surface area contributed by atoms with Gasteiger partial charge in [-0.2, -0.15) is 0 Å². The zero-order valence-corrected chi connectivity index (χ0v) is 25.9. The maximum absolute atomic E-state index is 12.2. The Kier molecular flexibility index (Phi) is 23.4. The smallest absolute Gasteiger partial charge is 0.170 e. The number of unbranched alkanes of at least 4 members (excludes halogenated alkanes) is 23. The number of hydrogen-bond acceptors (Lipinski definition) is 4. The van der Waals surface area contributed by atoms with E-state index in [0.29, 0.717) is 6.42 Å². The standard InChI is InChI=1S/C36H62O4/c1-2-3-4-5-6-7-8-9-10-11-12-13-14-15-16-17-18-19-20-21-22-23-24-25-26-27-28-29-33(38)36-34(39)30-32(37)31-35(36)40/h6-7,30-31,37,39-40H,2-5,8-29H2,1H3/b7-6-. The summed E-state index contributed by atoms with van der Waals surface area (Å²) in [6, 6.07) is 2.18.